The monoisotopic (exact) mass is 246 g/mol. The first-order valence-corrected chi connectivity index (χ1v) is 5.88. The van der Waals surface area contributed by atoms with E-state index in [2.05, 4.69) is 5.32 Å². The highest BCUT2D eigenvalue weighted by molar-refractivity contribution is 6.31. The number of rotatable bonds is 3. The summed E-state index contributed by atoms with van der Waals surface area (Å²) in [6.07, 6.45) is 0. The minimum Gasteiger partial charge on any atom is -0.399 e. The smallest absolute Gasteiger partial charge is 0.0455 e. The van der Waals surface area contributed by atoms with Crippen molar-refractivity contribution in [3.8, 4) is 0 Å². The summed E-state index contributed by atoms with van der Waals surface area (Å²) in [5.41, 5.74) is 9.80. The topological polar surface area (TPSA) is 38.0 Å². The van der Waals surface area contributed by atoms with Crippen LogP contribution in [-0.4, -0.2) is 0 Å². The summed E-state index contributed by atoms with van der Waals surface area (Å²) < 4.78 is 0. The quantitative estimate of drug-likeness (QED) is 0.808. The molecule has 0 bridgehead atoms. The lowest BCUT2D eigenvalue weighted by Gasteiger charge is -2.09. The lowest BCUT2D eigenvalue weighted by Crippen LogP contribution is -2.00. The zero-order chi connectivity index (χ0) is 12.3. The van der Waals surface area contributed by atoms with Crippen LogP contribution in [0, 0.1) is 6.92 Å². The summed E-state index contributed by atoms with van der Waals surface area (Å²) in [4.78, 5) is 0. The number of halogens is 1. The third-order valence-electron chi connectivity index (χ3n) is 2.71. The number of hydrogen-bond acceptors (Lipinski definition) is 2. The van der Waals surface area contributed by atoms with Crippen molar-refractivity contribution in [3.05, 3.63) is 58.6 Å². The second kappa shape index (κ2) is 5.11. The minimum atomic E-state index is 0.711. The number of nitrogen functional groups attached to an aromatic ring is 1. The average Bonchev–Trinajstić information content (AvgIpc) is 2.32. The summed E-state index contributed by atoms with van der Waals surface area (Å²) in [5.74, 6) is 0. The van der Waals surface area contributed by atoms with E-state index in [-0.39, 0.29) is 0 Å². The lowest BCUT2D eigenvalue weighted by molar-refractivity contribution is 1.15. The van der Waals surface area contributed by atoms with Crippen LogP contribution in [0.5, 0.6) is 0 Å². The number of anilines is 2. The molecule has 0 amide bonds. The van der Waals surface area contributed by atoms with Gasteiger partial charge in [0.2, 0.25) is 0 Å². The van der Waals surface area contributed by atoms with Crippen molar-refractivity contribution in [2.75, 3.05) is 11.1 Å². The zero-order valence-corrected chi connectivity index (χ0v) is 10.5. The second-order valence-corrected chi connectivity index (χ2v) is 4.42. The van der Waals surface area contributed by atoms with E-state index in [9.17, 15) is 0 Å². The van der Waals surface area contributed by atoms with E-state index in [1.54, 1.807) is 0 Å². The molecule has 2 aromatic rings. The molecule has 17 heavy (non-hydrogen) atoms. The Morgan fingerprint density at radius 3 is 2.65 bits per heavy atom. The summed E-state index contributed by atoms with van der Waals surface area (Å²) in [5, 5.41) is 4.11. The Bertz CT molecular complexity index is 523. The average molecular weight is 247 g/mol. The number of nitrogens with one attached hydrogen (secondary N) is 1. The molecule has 2 aromatic carbocycles. The van der Waals surface area contributed by atoms with Crippen LogP contribution in [0.1, 0.15) is 11.1 Å². The first-order valence-electron chi connectivity index (χ1n) is 5.50. The minimum absolute atomic E-state index is 0.711. The van der Waals surface area contributed by atoms with Crippen molar-refractivity contribution in [1.29, 1.82) is 0 Å². The van der Waals surface area contributed by atoms with Crippen molar-refractivity contribution in [3.63, 3.8) is 0 Å². The first kappa shape index (κ1) is 11.8. The predicted octanol–water partition coefficient (Wildman–Crippen LogP) is 3.84. The number of aryl methyl sites for hydroxylation is 1. The van der Waals surface area contributed by atoms with Gasteiger partial charge in [-0.25, -0.2) is 0 Å². The van der Waals surface area contributed by atoms with Crippen LogP contribution in [0.15, 0.2) is 42.5 Å². The first-order chi connectivity index (χ1) is 8.16. The molecule has 0 atom stereocenters. The second-order valence-electron chi connectivity index (χ2n) is 4.02. The van der Waals surface area contributed by atoms with Crippen molar-refractivity contribution in [2.24, 2.45) is 0 Å². The normalized spacial score (nSPS) is 10.2. The van der Waals surface area contributed by atoms with Gasteiger partial charge in [-0.05, 0) is 42.3 Å². The van der Waals surface area contributed by atoms with Crippen LogP contribution in [-0.2, 0) is 6.54 Å². The van der Waals surface area contributed by atoms with Crippen LogP contribution in [0.2, 0.25) is 5.02 Å². The summed E-state index contributed by atoms with van der Waals surface area (Å²) >= 11 is 6.09. The van der Waals surface area contributed by atoms with Crippen LogP contribution in [0.3, 0.4) is 0 Å². The van der Waals surface area contributed by atoms with Gasteiger partial charge in [0.15, 0.2) is 0 Å². The van der Waals surface area contributed by atoms with Crippen molar-refractivity contribution >= 4 is 23.0 Å². The number of nitrogens with two attached hydrogens (primary N) is 1. The molecule has 0 fully saturated rings. The fourth-order valence-corrected chi connectivity index (χ4v) is 1.83. The molecule has 3 N–H and O–H groups in total. The highest BCUT2D eigenvalue weighted by Crippen LogP contribution is 2.19. The predicted molar refractivity (Wildman–Crippen MR) is 74.4 cm³/mol. The largest absolute Gasteiger partial charge is 0.399 e. The highest BCUT2D eigenvalue weighted by atomic mass is 35.5. The Morgan fingerprint density at radius 2 is 1.94 bits per heavy atom. The van der Waals surface area contributed by atoms with Crippen molar-refractivity contribution < 1.29 is 0 Å². The Morgan fingerprint density at radius 1 is 1.18 bits per heavy atom. The maximum Gasteiger partial charge on any atom is 0.0455 e. The van der Waals surface area contributed by atoms with E-state index in [0.29, 0.717) is 6.54 Å². The van der Waals surface area contributed by atoms with E-state index in [4.69, 9.17) is 17.3 Å². The molecular formula is C14H15ClN2. The van der Waals surface area contributed by atoms with Gasteiger partial charge in [0.05, 0.1) is 0 Å². The molecule has 0 heterocycles. The van der Waals surface area contributed by atoms with Gasteiger partial charge in [0, 0.05) is 22.9 Å². The maximum atomic E-state index is 6.09. The molecule has 88 valence electrons. The molecule has 0 aliphatic rings. The van der Waals surface area contributed by atoms with Gasteiger partial charge < -0.3 is 11.1 Å². The third kappa shape index (κ3) is 2.92. The number of benzene rings is 2. The summed E-state index contributed by atoms with van der Waals surface area (Å²) in [7, 11) is 0. The van der Waals surface area contributed by atoms with Gasteiger partial charge in [0.25, 0.3) is 0 Å². The van der Waals surface area contributed by atoms with Crippen LogP contribution in [0.4, 0.5) is 11.4 Å². The van der Waals surface area contributed by atoms with Gasteiger partial charge >= 0.3 is 0 Å². The highest BCUT2D eigenvalue weighted by Gasteiger charge is 2.00. The van der Waals surface area contributed by atoms with Crippen molar-refractivity contribution in [2.45, 2.75) is 13.5 Å². The zero-order valence-electron chi connectivity index (χ0n) is 9.70. The van der Waals surface area contributed by atoms with Crippen LogP contribution >= 0.6 is 11.6 Å². The summed E-state index contributed by atoms with van der Waals surface area (Å²) in [6.45, 7) is 2.71. The summed E-state index contributed by atoms with van der Waals surface area (Å²) in [6, 6.07) is 13.7. The van der Waals surface area contributed by atoms with Gasteiger partial charge in [-0.15, -0.1) is 0 Å². The molecule has 0 saturated carbocycles. The van der Waals surface area contributed by atoms with Crippen LogP contribution in [0.25, 0.3) is 0 Å². The SMILES string of the molecule is Cc1cc(NCc2ccccc2Cl)ccc1N. The maximum absolute atomic E-state index is 6.09. The molecule has 0 aromatic heterocycles. The molecule has 0 aliphatic carbocycles. The molecule has 0 radical (unpaired) electrons. The van der Waals surface area contributed by atoms with E-state index in [1.807, 2.05) is 49.4 Å². The van der Waals surface area contributed by atoms with Gasteiger partial charge in [-0.1, -0.05) is 29.8 Å². The fraction of sp³-hybridized carbons (Fsp3) is 0.143. The van der Waals surface area contributed by atoms with E-state index in [1.165, 1.54) is 0 Å². The number of hydrogen-bond donors (Lipinski definition) is 2. The molecule has 3 heteroatoms. The van der Waals surface area contributed by atoms with Crippen molar-refractivity contribution in [1.82, 2.24) is 0 Å². The van der Waals surface area contributed by atoms with E-state index in [0.717, 1.165) is 27.5 Å². The molecule has 0 unspecified atom stereocenters. The Balaban J connectivity index is 2.08. The molecule has 2 rings (SSSR count). The fourth-order valence-electron chi connectivity index (χ4n) is 1.62. The molecule has 0 spiro atoms. The third-order valence-corrected chi connectivity index (χ3v) is 3.08. The molecular weight excluding hydrogens is 232 g/mol. The van der Waals surface area contributed by atoms with Gasteiger partial charge in [-0.3, -0.25) is 0 Å². The van der Waals surface area contributed by atoms with Crippen LogP contribution < -0.4 is 11.1 Å². The molecule has 0 aliphatic heterocycles. The molecule has 0 saturated heterocycles. The molecule has 2 nitrogen and oxygen atoms in total. The Kier molecular flexibility index (Phi) is 3.55. The Labute approximate surface area is 106 Å². The Hall–Kier alpha value is -1.67. The van der Waals surface area contributed by atoms with E-state index < -0.39 is 0 Å². The standard InChI is InChI=1S/C14H15ClN2/c1-10-8-12(6-7-14(10)16)17-9-11-4-2-3-5-13(11)15/h2-8,17H,9,16H2,1H3. The van der Waals surface area contributed by atoms with Gasteiger partial charge in [-0.2, -0.15) is 0 Å². The van der Waals surface area contributed by atoms with Gasteiger partial charge in [0.1, 0.15) is 0 Å². The lowest BCUT2D eigenvalue weighted by atomic mass is 10.1. The van der Waals surface area contributed by atoms with E-state index >= 15 is 0 Å².